The van der Waals surface area contributed by atoms with Crippen LogP contribution in [0.5, 0.6) is 5.75 Å². The number of ether oxygens (including phenoxy) is 2. The van der Waals surface area contributed by atoms with Crippen LogP contribution in [0.15, 0.2) is 73.1 Å². The Balaban J connectivity index is 1.16. The second-order valence-electron chi connectivity index (χ2n) is 11.5. The number of aromatic nitrogens is 3. The van der Waals surface area contributed by atoms with Crippen LogP contribution in [-0.2, 0) is 19.9 Å². The molecule has 1 aromatic carbocycles. The molecule has 0 aliphatic heterocycles. The lowest BCUT2D eigenvalue weighted by atomic mass is 9.73. The summed E-state index contributed by atoms with van der Waals surface area (Å²) in [4.78, 5) is 37.9. The van der Waals surface area contributed by atoms with E-state index in [4.69, 9.17) is 9.47 Å². The predicted octanol–water partition coefficient (Wildman–Crippen LogP) is 6.61. The fourth-order valence-electron chi connectivity index (χ4n) is 5.55. The van der Waals surface area contributed by atoms with E-state index < -0.39 is 30.8 Å². The van der Waals surface area contributed by atoms with Gasteiger partial charge in [-0.2, -0.15) is 0 Å². The van der Waals surface area contributed by atoms with Crippen LogP contribution >= 0.6 is 0 Å². The number of alkyl halides is 2. The van der Waals surface area contributed by atoms with Crippen molar-refractivity contribution in [3.05, 3.63) is 95.4 Å². The second-order valence-corrected chi connectivity index (χ2v) is 11.5. The molecule has 3 N–H and O–H groups in total. The minimum absolute atomic E-state index is 0.0198. The van der Waals surface area contributed by atoms with Gasteiger partial charge in [0.2, 0.25) is 6.79 Å². The summed E-state index contributed by atoms with van der Waals surface area (Å²) in [5.41, 5.74) is 1.53. The molecule has 5 rings (SSSR count). The van der Waals surface area contributed by atoms with E-state index in [1.165, 1.54) is 42.6 Å². The standard InChI is InChI=1S/C34H34F2N4O6/c1-20-15-27(39-30(16-20)40-29-17-23(31(35)36)13-14-37-29)24-7-12-28(38-18-24)34(2,44)25-8-3-21(4-9-25)32(42)45-19-46-33(43)22-5-10-26(41)11-6-22/h5-7,10-18,21,25,31,41,44H,3-4,8-9,19H2,1-2H3,(H,37,39,40)/t21-,25-,34-/m1/s1. The van der Waals surface area contributed by atoms with E-state index in [0.29, 0.717) is 48.5 Å². The Morgan fingerprint density at radius 2 is 1.72 bits per heavy atom. The van der Waals surface area contributed by atoms with E-state index in [0.717, 1.165) is 5.56 Å². The molecule has 0 radical (unpaired) electrons. The van der Waals surface area contributed by atoms with Crippen molar-refractivity contribution >= 4 is 23.6 Å². The quantitative estimate of drug-likeness (QED) is 0.129. The number of phenols is 1. The molecule has 0 bridgehead atoms. The molecule has 4 aromatic rings. The first-order chi connectivity index (χ1) is 22.0. The highest BCUT2D eigenvalue weighted by molar-refractivity contribution is 5.89. The lowest BCUT2D eigenvalue weighted by Crippen LogP contribution is -2.37. The summed E-state index contributed by atoms with van der Waals surface area (Å²) < 4.78 is 36.4. The van der Waals surface area contributed by atoms with E-state index >= 15 is 0 Å². The maximum absolute atomic E-state index is 13.1. The highest BCUT2D eigenvalue weighted by atomic mass is 19.3. The first-order valence-electron chi connectivity index (χ1n) is 14.8. The van der Waals surface area contributed by atoms with Crippen molar-refractivity contribution in [3.8, 4) is 17.0 Å². The largest absolute Gasteiger partial charge is 0.508 e. The van der Waals surface area contributed by atoms with E-state index in [9.17, 15) is 28.6 Å². The molecule has 46 heavy (non-hydrogen) atoms. The maximum atomic E-state index is 13.1. The summed E-state index contributed by atoms with van der Waals surface area (Å²) in [6.07, 6.45) is 2.47. The van der Waals surface area contributed by atoms with Crippen LogP contribution in [0.4, 0.5) is 20.4 Å². The summed E-state index contributed by atoms with van der Waals surface area (Å²) in [5.74, 6) is -0.942. The summed E-state index contributed by atoms with van der Waals surface area (Å²) >= 11 is 0. The molecule has 240 valence electrons. The number of hydrogen-bond donors (Lipinski definition) is 3. The Hall–Kier alpha value is -4.97. The zero-order valence-electron chi connectivity index (χ0n) is 25.3. The first-order valence-corrected chi connectivity index (χ1v) is 14.8. The number of carbonyl (C=O) groups is 2. The average Bonchev–Trinajstić information content (AvgIpc) is 3.05. The third-order valence-electron chi connectivity index (χ3n) is 8.19. The van der Waals surface area contributed by atoms with Crippen molar-refractivity contribution < 1.29 is 38.1 Å². The average molecular weight is 633 g/mol. The number of aliphatic hydroxyl groups is 1. The van der Waals surface area contributed by atoms with Gasteiger partial charge < -0.3 is 25.0 Å². The minimum Gasteiger partial charge on any atom is -0.508 e. The number of benzene rings is 1. The van der Waals surface area contributed by atoms with Gasteiger partial charge in [0.15, 0.2) is 0 Å². The van der Waals surface area contributed by atoms with Crippen molar-refractivity contribution in [1.82, 2.24) is 15.0 Å². The van der Waals surface area contributed by atoms with Gasteiger partial charge in [0.1, 0.15) is 23.0 Å². The topological polar surface area (TPSA) is 144 Å². The molecule has 3 heterocycles. The lowest BCUT2D eigenvalue weighted by molar-refractivity contribution is -0.159. The third-order valence-corrected chi connectivity index (χ3v) is 8.19. The minimum atomic E-state index is -2.61. The smallest absolute Gasteiger partial charge is 0.341 e. The molecule has 0 unspecified atom stereocenters. The molecule has 1 aliphatic carbocycles. The van der Waals surface area contributed by atoms with E-state index in [-0.39, 0.29) is 34.5 Å². The number of phenolic OH excluding ortho intramolecular Hbond substituents is 1. The molecule has 1 aliphatic rings. The van der Waals surface area contributed by atoms with Gasteiger partial charge in [0.05, 0.1) is 22.9 Å². The number of aromatic hydroxyl groups is 1. The predicted molar refractivity (Wildman–Crippen MR) is 164 cm³/mol. The molecular formula is C34H34F2N4O6. The van der Waals surface area contributed by atoms with Gasteiger partial charge in [0.25, 0.3) is 6.43 Å². The number of halogens is 2. The van der Waals surface area contributed by atoms with Crippen molar-refractivity contribution in [1.29, 1.82) is 0 Å². The number of carbonyl (C=O) groups excluding carboxylic acids is 2. The Labute approximate surface area is 264 Å². The number of nitrogens with one attached hydrogen (secondary N) is 1. The molecule has 3 aromatic heterocycles. The number of pyridine rings is 3. The lowest BCUT2D eigenvalue weighted by Gasteiger charge is -2.37. The van der Waals surface area contributed by atoms with E-state index in [1.54, 1.807) is 25.3 Å². The highest BCUT2D eigenvalue weighted by Gasteiger charge is 2.39. The zero-order valence-corrected chi connectivity index (χ0v) is 25.3. The van der Waals surface area contributed by atoms with Gasteiger partial charge in [-0.05, 0) is 112 Å². The SMILES string of the molecule is Cc1cc(Nc2cc(C(F)F)ccn2)nc(-c2ccc([C@](C)(O)[C@H]3CC[C@H](C(=O)OCOC(=O)c4ccc(O)cc4)CC3)nc2)c1. The number of hydrogen-bond acceptors (Lipinski definition) is 10. The maximum Gasteiger partial charge on any atom is 0.341 e. The summed E-state index contributed by atoms with van der Waals surface area (Å²) in [7, 11) is 0. The van der Waals surface area contributed by atoms with Gasteiger partial charge in [-0.3, -0.25) is 9.78 Å². The Kier molecular flexibility index (Phi) is 9.86. The van der Waals surface area contributed by atoms with Gasteiger partial charge in [0, 0.05) is 23.5 Å². The molecule has 1 atom stereocenters. The van der Waals surface area contributed by atoms with Crippen LogP contribution in [0.3, 0.4) is 0 Å². The van der Waals surface area contributed by atoms with Gasteiger partial charge in [-0.15, -0.1) is 0 Å². The van der Waals surface area contributed by atoms with Crippen LogP contribution in [0.2, 0.25) is 0 Å². The fourth-order valence-corrected chi connectivity index (χ4v) is 5.55. The first kappa shape index (κ1) is 32.4. The molecule has 10 nitrogen and oxygen atoms in total. The normalized spacial score (nSPS) is 17.6. The van der Waals surface area contributed by atoms with Crippen molar-refractivity contribution in [2.45, 2.75) is 51.6 Å². The summed E-state index contributed by atoms with van der Waals surface area (Å²) in [6.45, 7) is 3.10. The fraction of sp³-hybridized carbons (Fsp3) is 0.324. The molecule has 0 amide bonds. The monoisotopic (exact) mass is 632 g/mol. The van der Waals surface area contributed by atoms with Crippen molar-refractivity contribution in [2.75, 3.05) is 12.1 Å². The Bertz CT molecular complexity index is 1670. The molecule has 12 heteroatoms. The van der Waals surface area contributed by atoms with Crippen molar-refractivity contribution in [2.24, 2.45) is 11.8 Å². The van der Waals surface area contributed by atoms with Gasteiger partial charge in [-0.1, -0.05) is 0 Å². The number of esters is 2. The molecule has 0 saturated heterocycles. The number of rotatable bonds is 10. The van der Waals surface area contributed by atoms with Crippen LogP contribution in [-0.4, -0.2) is 43.9 Å². The van der Waals surface area contributed by atoms with Crippen LogP contribution < -0.4 is 5.32 Å². The molecular weight excluding hydrogens is 598 g/mol. The Morgan fingerprint density at radius 3 is 2.39 bits per heavy atom. The van der Waals surface area contributed by atoms with E-state index in [1.807, 2.05) is 19.1 Å². The number of aryl methyl sites for hydroxylation is 1. The third kappa shape index (κ3) is 7.81. The summed E-state index contributed by atoms with van der Waals surface area (Å²) in [5, 5.41) is 23.8. The second kappa shape index (κ2) is 14.0. The molecule has 0 spiro atoms. The zero-order chi connectivity index (χ0) is 32.8. The summed E-state index contributed by atoms with van der Waals surface area (Å²) in [6, 6.07) is 15.3. The highest BCUT2D eigenvalue weighted by Crippen LogP contribution is 2.41. The van der Waals surface area contributed by atoms with Crippen LogP contribution in [0.25, 0.3) is 11.3 Å². The van der Waals surface area contributed by atoms with Crippen molar-refractivity contribution in [3.63, 3.8) is 0 Å². The van der Waals surface area contributed by atoms with Crippen LogP contribution in [0.1, 0.15) is 66.2 Å². The van der Waals surface area contributed by atoms with Crippen LogP contribution in [0, 0.1) is 18.8 Å². The number of anilines is 2. The van der Waals surface area contributed by atoms with E-state index in [2.05, 4.69) is 20.3 Å². The molecule has 1 fully saturated rings. The number of nitrogens with zero attached hydrogens (tertiary/aromatic N) is 3. The van der Waals surface area contributed by atoms with Gasteiger partial charge >= 0.3 is 11.9 Å². The Morgan fingerprint density at radius 1 is 0.978 bits per heavy atom. The van der Waals surface area contributed by atoms with Gasteiger partial charge in [-0.25, -0.2) is 23.5 Å². The molecule has 1 saturated carbocycles.